The number of aliphatic carboxylic acids is 1. The van der Waals surface area contributed by atoms with Gasteiger partial charge >= 0.3 is 5.97 Å². The van der Waals surface area contributed by atoms with Crippen LogP contribution >= 0.6 is 0 Å². The van der Waals surface area contributed by atoms with Gasteiger partial charge in [-0.3, -0.25) is 4.79 Å². The van der Waals surface area contributed by atoms with Gasteiger partial charge in [0.1, 0.15) is 0 Å². The molecule has 0 radical (unpaired) electrons. The lowest BCUT2D eigenvalue weighted by atomic mass is 9.99. The van der Waals surface area contributed by atoms with E-state index in [1.165, 1.54) is 5.39 Å². The molecule has 1 aliphatic rings. The number of benzene rings is 1. The summed E-state index contributed by atoms with van der Waals surface area (Å²) in [5.74, 6) is -0.604. The van der Waals surface area contributed by atoms with Crippen molar-refractivity contribution in [3.63, 3.8) is 0 Å². The molecule has 0 aliphatic carbocycles. The van der Waals surface area contributed by atoms with E-state index in [2.05, 4.69) is 16.8 Å². The predicted molar refractivity (Wildman–Crippen MR) is 81.5 cm³/mol. The van der Waals surface area contributed by atoms with Crippen LogP contribution in [0.2, 0.25) is 0 Å². The molecule has 1 saturated heterocycles. The first-order valence-corrected chi connectivity index (χ1v) is 7.54. The Hall–Kier alpha value is -1.81. The van der Waals surface area contributed by atoms with Crippen LogP contribution in [0.5, 0.6) is 0 Å². The number of rotatable bonds is 4. The van der Waals surface area contributed by atoms with Gasteiger partial charge in [-0.25, -0.2) is 0 Å². The molecule has 2 aromatic rings. The molecule has 1 aromatic heterocycles. The summed E-state index contributed by atoms with van der Waals surface area (Å²) in [6, 6.07) is 8.06. The summed E-state index contributed by atoms with van der Waals surface area (Å²) in [6.45, 7) is 4.42. The third-order valence-electron chi connectivity index (χ3n) is 4.46. The highest BCUT2D eigenvalue weighted by Crippen LogP contribution is 2.25. The SMILES string of the molecule is CC(C(=O)O)c1ccc2ccn(CC3CCOCC3)c2c1. The van der Waals surface area contributed by atoms with Gasteiger partial charge in [-0.1, -0.05) is 12.1 Å². The average Bonchev–Trinajstić information content (AvgIpc) is 2.90. The van der Waals surface area contributed by atoms with E-state index in [1.54, 1.807) is 6.92 Å². The van der Waals surface area contributed by atoms with Gasteiger partial charge in [0.15, 0.2) is 0 Å². The van der Waals surface area contributed by atoms with E-state index in [0.717, 1.165) is 43.7 Å². The number of ether oxygens (including phenoxy) is 1. The maximum atomic E-state index is 11.2. The van der Waals surface area contributed by atoms with E-state index in [4.69, 9.17) is 9.84 Å². The van der Waals surface area contributed by atoms with E-state index < -0.39 is 11.9 Å². The van der Waals surface area contributed by atoms with Crippen LogP contribution in [0.4, 0.5) is 0 Å². The summed E-state index contributed by atoms with van der Waals surface area (Å²) in [7, 11) is 0. The minimum atomic E-state index is -0.781. The second kappa shape index (κ2) is 5.90. The Morgan fingerprint density at radius 2 is 2.14 bits per heavy atom. The van der Waals surface area contributed by atoms with Crippen molar-refractivity contribution in [3.05, 3.63) is 36.0 Å². The quantitative estimate of drug-likeness (QED) is 0.939. The number of aromatic nitrogens is 1. The Kier molecular flexibility index (Phi) is 3.97. The topological polar surface area (TPSA) is 51.5 Å². The van der Waals surface area contributed by atoms with Crippen LogP contribution in [-0.4, -0.2) is 28.9 Å². The molecule has 21 heavy (non-hydrogen) atoms. The normalized spacial score (nSPS) is 18.0. The lowest BCUT2D eigenvalue weighted by Gasteiger charge is -2.23. The van der Waals surface area contributed by atoms with E-state index in [1.807, 2.05) is 18.2 Å². The van der Waals surface area contributed by atoms with Crippen molar-refractivity contribution in [2.75, 3.05) is 13.2 Å². The van der Waals surface area contributed by atoms with Gasteiger partial charge in [0.05, 0.1) is 5.92 Å². The summed E-state index contributed by atoms with van der Waals surface area (Å²) in [5.41, 5.74) is 1.99. The fourth-order valence-corrected chi connectivity index (χ4v) is 2.98. The van der Waals surface area contributed by atoms with Crippen molar-refractivity contribution in [3.8, 4) is 0 Å². The van der Waals surface area contributed by atoms with Crippen molar-refractivity contribution < 1.29 is 14.6 Å². The molecule has 2 heterocycles. The predicted octanol–water partition coefficient (Wildman–Crippen LogP) is 3.26. The lowest BCUT2D eigenvalue weighted by Crippen LogP contribution is -2.20. The Bertz CT molecular complexity index is 641. The molecule has 4 heteroatoms. The van der Waals surface area contributed by atoms with Crippen molar-refractivity contribution >= 4 is 16.9 Å². The third kappa shape index (κ3) is 2.95. The number of carboxylic acids is 1. The highest BCUT2D eigenvalue weighted by atomic mass is 16.5. The average molecular weight is 287 g/mol. The number of carbonyl (C=O) groups is 1. The minimum absolute atomic E-state index is 0.471. The zero-order valence-electron chi connectivity index (χ0n) is 12.3. The molecule has 1 aliphatic heterocycles. The standard InChI is InChI=1S/C17H21NO3/c1-12(17(19)20)15-3-2-14-4-7-18(16(14)10-15)11-13-5-8-21-9-6-13/h2-4,7,10,12-13H,5-6,8-9,11H2,1H3,(H,19,20). The summed E-state index contributed by atoms with van der Waals surface area (Å²) in [6.07, 6.45) is 4.31. The largest absolute Gasteiger partial charge is 0.481 e. The molecule has 3 rings (SSSR count). The van der Waals surface area contributed by atoms with Crippen molar-refractivity contribution in [1.82, 2.24) is 4.57 Å². The van der Waals surface area contributed by atoms with E-state index in [-0.39, 0.29) is 0 Å². The number of nitrogens with zero attached hydrogens (tertiary/aromatic N) is 1. The molecule has 0 bridgehead atoms. The second-order valence-electron chi connectivity index (χ2n) is 5.90. The van der Waals surface area contributed by atoms with Crippen LogP contribution in [-0.2, 0) is 16.1 Å². The van der Waals surface area contributed by atoms with E-state index in [0.29, 0.717) is 5.92 Å². The molecule has 4 nitrogen and oxygen atoms in total. The molecule has 1 atom stereocenters. The maximum Gasteiger partial charge on any atom is 0.310 e. The van der Waals surface area contributed by atoms with Crippen LogP contribution < -0.4 is 0 Å². The van der Waals surface area contributed by atoms with E-state index >= 15 is 0 Å². The molecular weight excluding hydrogens is 266 g/mol. The van der Waals surface area contributed by atoms with Crippen LogP contribution in [0.1, 0.15) is 31.2 Å². The van der Waals surface area contributed by atoms with Crippen molar-refractivity contribution in [2.24, 2.45) is 5.92 Å². The van der Waals surface area contributed by atoms with Crippen LogP contribution in [0, 0.1) is 5.92 Å². The Labute approximate surface area is 124 Å². The Morgan fingerprint density at radius 1 is 1.38 bits per heavy atom. The first kappa shape index (κ1) is 14.1. The molecule has 0 saturated carbocycles. The first-order chi connectivity index (χ1) is 10.1. The Balaban J connectivity index is 1.88. The highest BCUT2D eigenvalue weighted by molar-refractivity contribution is 5.83. The van der Waals surface area contributed by atoms with Crippen molar-refractivity contribution in [2.45, 2.75) is 32.2 Å². The number of carboxylic acid groups (broad SMARTS) is 1. The van der Waals surface area contributed by atoms with Gasteiger partial charge in [0.2, 0.25) is 0 Å². The Morgan fingerprint density at radius 3 is 2.86 bits per heavy atom. The maximum absolute atomic E-state index is 11.2. The molecule has 1 N–H and O–H groups in total. The number of fused-ring (bicyclic) bond motifs is 1. The van der Waals surface area contributed by atoms with Gasteiger partial charge in [-0.05, 0) is 48.8 Å². The molecule has 1 aromatic carbocycles. The van der Waals surface area contributed by atoms with Crippen LogP contribution in [0.3, 0.4) is 0 Å². The summed E-state index contributed by atoms with van der Waals surface area (Å²) in [5, 5.41) is 10.3. The lowest BCUT2D eigenvalue weighted by molar-refractivity contribution is -0.138. The van der Waals surface area contributed by atoms with Gasteiger partial charge in [0.25, 0.3) is 0 Å². The fourth-order valence-electron chi connectivity index (χ4n) is 2.98. The molecule has 0 amide bonds. The summed E-state index contributed by atoms with van der Waals surface area (Å²) in [4.78, 5) is 11.2. The molecule has 1 unspecified atom stereocenters. The minimum Gasteiger partial charge on any atom is -0.481 e. The van der Waals surface area contributed by atoms with Gasteiger partial charge < -0.3 is 14.4 Å². The molecule has 112 valence electrons. The number of hydrogen-bond acceptors (Lipinski definition) is 2. The highest BCUT2D eigenvalue weighted by Gasteiger charge is 2.17. The van der Waals surface area contributed by atoms with Gasteiger partial charge in [-0.15, -0.1) is 0 Å². The summed E-state index contributed by atoms with van der Waals surface area (Å²) < 4.78 is 7.66. The molecular formula is C17H21NO3. The van der Waals surface area contributed by atoms with E-state index in [9.17, 15) is 4.79 Å². The second-order valence-corrected chi connectivity index (χ2v) is 5.90. The molecule has 0 spiro atoms. The molecule has 1 fully saturated rings. The summed E-state index contributed by atoms with van der Waals surface area (Å²) >= 11 is 0. The van der Waals surface area contributed by atoms with Gasteiger partial charge in [0, 0.05) is 31.5 Å². The zero-order chi connectivity index (χ0) is 14.8. The first-order valence-electron chi connectivity index (χ1n) is 7.54. The van der Waals surface area contributed by atoms with Crippen molar-refractivity contribution in [1.29, 1.82) is 0 Å². The van der Waals surface area contributed by atoms with Gasteiger partial charge in [-0.2, -0.15) is 0 Å². The number of hydrogen-bond donors (Lipinski definition) is 1. The monoisotopic (exact) mass is 287 g/mol. The van der Waals surface area contributed by atoms with Crippen LogP contribution in [0.25, 0.3) is 10.9 Å². The fraction of sp³-hybridized carbons (Fsp3) is 0.471. The zero-order valence-corrected chi connectivity index (χ0v) is 12.3. The van der Waals surface area contributed by atoms with Crippen LogP contribution in [0.15, 0.2) is 30.5 Å². The smallest absolute Gasteiger partial charge is 0.310 e. The third-order valence-corrected chi connectivity index (χ3v) is 4.46.